The molecule has 1 aromatic carbocycles. The Bertz CT molecular complexity index is 720. The summed E-state index contributed by atoms with van der Waals surface area (Å²) in [4.78, 5) is 28.3. The highest BCUT2D eigenvalue weighted by atomic mass is 19.2. The van der Waals surface area contributed by atoms with E-state index < -0.39 is 11.6 Å². The van der Waals surface area contributed by atoms with Gasteiger partial charge >= 0.3 is 0 Å². The molecule has 0 bridgehead atoms. The van der Waals surface area contributed by atoms with Crippen LogP contribution in [-0.2, 0) is 14.3 Å². The molecule has 1 unspecified atom stereocenters. The van der Waals surface area contributed by atoms with Gasteiger partial charge in [-0.1, -0.05) is 0 Å². The molecule has 0 saturated carbocycles. The number of hydrogen-bond donors (Lipinski definition) is 0. The van der Waals surface area contributed by atoms with Gasteiger partial charge < -0.3 is 14.5 Å². The molecule has 7 heteroatoms. The van der Waals surface area contributed by atoms with Gasteiger partial charge in [-0.2, -0.15) is 0 Å². The Kier molecular flexibility index (Phi) is 3.98. The first-order valence-electron chi connectivity index (χ1n) is 8.63. The van der Waals surface area contributed by atoms with Gasteiger partial charge in [-0.3, -0.25) is 9.59 Å². The first kappa shape index (κ1) is 16.4. The van der Waals surface area contributed by atoms with E-state index in [1.807, 2.05) is 0 Å². The van der Waals surface area contributed by atoms with Crippen LogP contribution in [0.5, 0.6) is 0 Å². The molecule has 2 amide bonds. The van der Waals surface area contributed by atoms with Crippen molar-refractivity contribution in [2.75, 3.05) is 31.1 Å². The summed E-state index contributed by atoms with van der Waals surface area (Å²) in [6, 6.07) is 3.50. The number of halogens is 2. The van der Waals surface area contributed by atoms with E-state index in [-0.39, 0.29) is 23.3 Å². The van der Waals surface area contributed by atoms with Gasteiger partial charge in [0, 0.05) is 49.8 Å². The van der Waals surface area contributed by atoms with Gasteiger partial charge in [0.1, 0.15) is 6.10 Å². The average Bonchev–Trinajstić information content (AvgIpc) is 3.31. The predicted octanol–water partition coefficient (Wildman–Crippen LogP) is 2.10. The molecular formula is C18H20F2N2O3. The fourth-order valence-electron chi connectivity index (χ4n) is 4.16. The maximum atomic E-state index is 13.5. The molecule has 3 aliphatic heterocycles. The summed E-state index contributed by atoms with van der Waals surface area (Å²) < 4.78 is 32.1. The van der Waals surface area contributed by atoms with E-state index in [2.05, 4.69) is 0 Å². The van der Waals surface area contributed by atoms with Gasteiger partial charge in [-0.15, -0.1) is 0 Å². The Morgan fingerprint density at radius 1 is 1.24 bits per heavy atom. The van der Waals surface area contributed by atoms with Crippen molar-refractivity contribution in [3.63, 3.8) is 0 Å². The SMILES string of the molecule is O=C([C@@H]1CCCO1)N1CCC2(CC(=O)N(c3ccc(F)c(F)c3)C2)C1. The molecule has 5 nitrogen and oxygen atoms in total. The Morgan fingerprint density at radius 3 is 2.80 bits per heavy atom. The summed E-state index contributed by atoms with van der Waals surface area (Å²) in [5, 5.41) is 0. The minimum Gasteiger partial charge on any atom is -0.368 e. The zero-order valence-electron chi connectivity index (χ0n) is 13.8. The van der Waals surface area contributed by atoms with Crippen LogP contribution in [0.25, 0.3) is 0 Å². The molecule has 0 radical (unpaired) electrons. The van der Waals surface area contributed by atoms with E-state index in [1.54, 1.807) is 4.90 Å². The predicted molar refractivity (Wildman–Crippen MR) is 85.9 cm³/mol. The van der Waals surface area contributed by atoms with E-state index in [1.165, 1.54) is 11.0 Å². The van der Waals surface area contributed by atoms with Crippen LogP contribution < -0.4 is 4.90 Å². The number of likely N-dealkylation sites (tertiary alicyclic amines) is 1. The van der Waals surface area contributed by atoms with Crippen LogP contribution in [0.15, 0.2) is 18.2 Å². The number of hydrogen-bond acceptors (Lipinski definition) is 3. The highest BCUT2D eigenvalue weighted by Gasteiger charge is 2.49. The maximum absolute atomic E-state index is 13.5. The second-order valence-corrected chi connectivity index (χ2v) is 7.27. The molecule has 3 saturated heterocycles. The van der Waals surface area contributed by atoms with E-state index in [9.17, 15) is 18.4 Å². The largest absolute Gasteiger partial charge is 0.368 e. The molecule has 2 atom stereocenters. The van der Waals surface area contributed by atoms with Crippen LogP contribution in [0, 0.1) is 17.0 Å². The van der Waals surface area contributed by atoms with Crippen molar-refractivity contribution >= 4 is 17.5 Å². The Morgan fingerprint density at radius 2 is 2.08 bits per heavy atom. The Balaban J connectivity index is 1.48. The lowest BCUT2D eigenvalue weighted by Crippen LogP contribution is -2.39. The maximum Gasteiger partial charge on any atom is 0.251 e. The lowest BCUT2D eigenvalue weighted by Gasteiger charge is -2.25. The van der Waals surface area contributed by atoms with Crippen molar-refractivity contribution in [3.8, 4) is 0 Å². The van der Waals surface area contributed by atoms with E-state index in [4.69, 9.17) is 4.74 Å². The standard InChI is InChI=1S/C18H20F2N2O3/c19-13-4-3-12(8-14(13)20)22-11-18(9-16(22)23)5-6-21(10-18)17(24)15-2-1-7-25-15/h3-4,8,15H,1-2,5-7,9-11H2/t15-,18?/m0/s1. The second-order valence-electron chi connectivity index (χ2n) is 7.27. The molecule has 1 spiro atoms. The third-order valence-corrected chi connectivity index (χ3v) is 5.49. The van der Waals surface area contributed by atoms with Crippen molar-refractivity contribution in [1.29, 1.82) is 0 Å². The van der Waals surface area contributed by atoms with Crippen molar-refractivity contribution in [2.45, 2.75) is 31.8 Å². The van der Waals surface area contributed by atoms with Gasteiger partial charge in [-0.05, 0) is 31.4 Å². The van der Waals surface area contributed by atoms with Crippen molar-refractivity contribution in [1.82, 2.24) is 4.90 Å². The van der Waals surface area contributed by atoms with Gasteiger partial charge in [-0.25, -0.2) is 8.78 Å². The lowest BCUT2D eigenvalue weighted by molar-refractivity contribution is -0.140. The highest BCUT2D eigenvalue weighted by Crippen LogP contribution is 2.42. The van der Waals surface area contributed by atoms with Gasteiger partial charge in [0.05, 0.1) is 0 Å². The van der Waals surface area contributed by atoms with E-state index >= 15 is 0 Å². The number of carbonyl (C=O) groups is 2. The molecule has 3 heterocycles. The van der Waals surface area contributed by atoms with Crippen molar-refractivity contribution < 1.29 is 23.1 Å². The molecule has 1 aromatic rings. The monoisotopic (exact) mass is 350 g/mol. The van der Waals surface area contributed by atoms with Gasteiger partial charge in [0.2, 0.25) is 5.91 Å². The number of benzene rings is 1. The zero-order chi connectivity index (χ0) is 17.6. The third kappa shape index (κ3) is 2.90. The van der Waals surface area contributed by atoms with Crippen LogP contribution in [0.4, 0.5) is 14.5 Å². The molecule has 25 heavy (non-hydrogen) atoms. The quantitative estimate of drug-likeness (QED) is 0.821. The minimum atomic E-state index is -0.965. The Labute approximate surface area is 144 Å². The average molecular weight is 350 g/mol. The summed E-state index contributed by atoms with van der Waals surface area (Å²) >= 11 is 0. The smallest absolute Gasteiger partial charge is 0.251 e. The molecule has 0 aliphatic carbocycles. The second kappa shape index (κ2) is 6.05. The van der Waals surface area contributed by atoms with Crippen LogP contribution in [0.3, 0.4) is 0 Å². The molecule has 134 valence electrons. The minimum absolute atomic E-state index is 0.00750. The van der Waals surface area contributed by atoms with E-state index in [0.29, 0.717) is 38.3 Å². The summed E-state index contributed by atoms with van der Waals surface area (Å²) in [6.07, 6.45) is 2.35. The lowest BCUT2D eigenvalue weighted by atomic mass is 9.86. The molecule has 0 aromatic heterocycles. The van der Waals surface area contributed by atoms with Crippen LogP contribution in [0.1, 0.15) is 25.7 Å². The zero-order valence-corrected chi connectivity index (χ0v) is 13.8. The number of rotatable bonds is 2. The Hall–Kier alpha value is -2.02. The number of carbonyl (C=O) groups excluding carboxylic acids is 2. The summed E-state index contributed by atoms with van der Waals surface area (Å²) in [5.41, 5.74) is 0.0561. The summed E-state index contributed by atoms with van der Waals surface area (Å²) in [5.74, 6) is -2.00. The van der Waals surface area contributed by atoms with Crippen LogP contribution >= 0.6 is 0 Å². The van der Waals surface area contributed by atoms with Gasteiger partial charge in [0.25, 0.3) is 5.91 Å². The normalized spacial score (nSPS) is 29.2. The van der Waals surface area contributed by atoms with Crippen molar-refractivity contribution in [2.24, 2.45) is 5.41 Å². The fraction of sp³-hybridized carbons (Fsp3) is 0.556. The summed E-state index contributed by atoms with van der Waals surface area (Å²) in [6.45, 7) is 2.17. The first-order chi connectivity index (χ1) is 12.0. The fourth-order valence-corrected chi connectivity index (χ4v) is 4.16. The number of amides is 2. The molecule has 3 fully saturated rings. The third-order valence-electron chi connectivity index (χ3n) is 5.49. The highest BCUT2D eigenvalue weighted by molar-refractivity contribution is 5.96. The molecule has 4 rings (SSSR count). The van der Waals surface area contributed by atoms with E-state index in [0.717, 1.165) is 31.4 Å². The molecule has 0 N–H and O–H groups in total. The van der Waals surface area contributed by atoms with Crippen molar-refractivity contribution in [3.05, 3.63) is 29.8 Å². The van der Waals surface area contributed by atoms with Crippen LogP contribution in [-0.4, -0.2) is 49.1 Å². The molecule has 3 aliphatic rings. The first-order valence-corrected chi connectivity index (χ1v) is 8.63. The number of anilines is 1. The van der Waals surface area contributed by atoms with Crippen LogP contribution in [0.2, 0.25) is 0 Å². The topological polar surface area (TPSA) is 49.9 Å². The number of nitrogens with zero attached hydrogens (tertiary/aromatic N) is 2. The number of ether oxygens (including phenoxy) is 1. The summed E-state index contributed by atoms with van der Waals surface area (Å²) in [7, 11) is 0. The molecular weight excluding hydrogens is 330 g/mol. The van der Waals surface area contributed by atoms with Gasteiger partial charge in [0.15, 0.2) is 11.6 Å².